The molecule has 1 aromatic rings. The van der Waals surface area contributed by atoms with E-state index in [1.54, 1.807) is 13.0 Å². The fourth-order valence-electron chi connectivity index (χ4n) is 2.63. The smallest absolute Gasteiger partial charge is 0.125 e. The molecule has 100 valence electrons. The molecule has 0 aliphatic carbocycles. The monoisotopic (exact) mass is 253 g/mol. The SMILES string of the molecule is COc1ccc(F)cc1C(C)(O)C1CCCNC1. The van der Waals surface area contributed by atoms with E-state index >= 15 is 0 Å². The Bertz CT molecular complexity index is 414. The number of hydrogen-bond donors (Lipinski definition) is 2. The molecule has 2 atom stereocenters. The molecule has 0 radical (unpaired) electrons. The van der Waals surface area contributed by atoms with Gasteiger partial charge in [-0.3, -0.25) is 0 Å². The third-order valence-corrected chi connectivity index (χ3v) is 3.80. The fourth-order valence-corrected chi connectivity index (χ4v) is 2.63. The molecule has 1 aliphatic rings. The second-order valence-electron chi connectivity index (χ2n) is 5.04. The minimum atomic E-state index is -1.08. The quantitative estimate of drug-likeness (QED) is 0.866. The number of hydrogen-bond acceptors (Lipinski definition) is 3. The van der Waals surface area contributed by atoms with E-state index in [9.17, 15) is 9.50 Å². The summed E-state index contributed by atoms with van der Waals surface area (Å²) >= 11 is 0. The molecule has 4 heteroatoms. The Morgan fingerprint density at radius 2 is 2.28 bits per heavy atom. The number of methoxy groups -OCH3 is 1. The molecule has 1 saturated heterocycles. The summed E-state index contributed by atoms with van der Waals surface area (Å²) in [6.45, 7) is 3.46. The molecule has 2 unspecified atom stereocenters. The summed E-state index contributed by atoms with van der Waals surface area (Å²) in [5.41, 5.74) is -0.556. The van der Waals surface area contributed by atoms with E-state index in [1.165, 1.54) is 19.2 Å². The maximum atomic E-state index is 13.4. The second kappa shape index (κ2) is 5.24. The number of benzene rings is 1. The van der Waals surface area contributed by atoms with Crippen LogP contribution < -0.4 is 10.1 Å². The second-order valence-corrected chi connectivity index (χ2v) is 5.04. The van der Waals surface area contributed by atoms with Gasteiger partial charge in [0.15, 0.2) is 0 Å². The Morgan fingerprint density at radius 1 is 1.50 bits per heavy atom. The molecule has 0 aromatic heterocycles. The van der Waals surface area contributed by atoms with Crippen molar-refractivity contribution in [1.82, 2.24) is 5.32 Å². The molecule has 3 nitrogen and oxygen atoms in total. The Labute approximate surface area is 107 Å². The van der Waals surface area contributed by atoms with Crippen LogP contribution in [0.25, 0.3) is 0 Å². The molecular weight excluding hydrogens is 233 g/mol. The van der Waals surface area contributed by atoms with Crippen LogP contribution in [-0.4, -0.2) is 25.3 Å². The lowest BCUT2D eigenvalue weighted by Gasteiger charge is -2.37. The van der Waals surface area contributed by atoms with Crippen molar-refractivity contribution < 1.29 is 14.2 Å². The fraction of sp³-hybridized carbons (Fsp3) is 0.571. The van der Waals surface area contributed by atoms with Crippen LogP contribution in [0.3, 0.4) is 0 Å². The lowest BCUT2D eigenvalue weighted by molar-refractivity contribution is -0.0176. The van der Waals surface area contributed by atoms with Crippen molar-refractivity contribution in [2.45, 2.75) is 25.4 Å². The molecule has 0 bridgehead atoms. The van der Waals surface area contributed by atoms with Crippen LogP contribution in [0.5, 0.6) is 5.75 Å². The normalized spacial score (nSPS) is 23.4. The van der Waals surface area contributed by atoms with Crippen LogP contribution >= 0.6 is 0 Å². The van der Waals surface area contributed by atoms with Crippen molar-refractivity contribution in [2.75, 3.05) is 20.2 Å². The van der Waals surface area contributed by atoms with Crippen LogP contribution in [0.4, 0.5) is 4.39 Å². The Morgan fingerprint density at radius 3 is 2.89 bits per heavy atom. The summed E-state index contributed by atoms with van der Waals surface area (Å²) in [5, 5.41) is 14.0. The molecular formula is C14H20FNO2. The summed E-state index contributed by atoms with van der Waals surface area (Å²) < 4.78 is 18.6. The van der Waals surface area contributed by atoms with Gasteiger partial charge < -0.3 is 15.2 Å². The van der Waals surface area contributed by atoms with E-state index in [0.717, 1.165) is 25.9 Å². The van der Waals surface area contributed by atoms with Gasteiger partial charge in [-0.2, -0.15) is 0 Å². The van der Waals surface area contributed by atoms with Crippen molar-refractivity contribution >= 4 is 0 Å². The van der Waals surface area contributed by atoms with Crippen molar-refractivity contribution in [1.29, 1.82) is 0 Å². The van der Waals surface area contributed by atoms with Crippen molar-refractivity contribution in [3.05, 3.63) is 29.6 Å². The number of rotatable bonds is 3. The number of nitrogens with one attached hydrogen (secondary N) is 1. The zero-order valence-electron chi connectivity index (χ0n) is 10.9. The molecule has 1 fully saturated rings. The largest absolute Gasteiger partial charge is 0.496 e. The molecule has 0 saturated carbocycles. The van der Waals surface area contributed by atoms with Crippen molar-refractivity contribution in [2.24, 2.45) is 5.92 Å². The lowest BCUT2D eigenvalue weighted by Crippen LogP contribution is -2.42. The first kappa shape index (κ1) is 13.3. The van der Waals surface area contributed by atoms with E-state index in [1.807, 2.05) is 0 Å². The van der Waals surface area contributed by atoms with Gasteiger partial charge in [0, 0.05) is 18.0 Å². The maximum Gasteiger partial charge on any atom is 0.125 e. The molecule has 2 N–H and O–H groups in total. The van der Waals surface area contributed by atoms with Gasteiger partial charge in [0.2, 0.25) is 0 Å². The standard InChI is InChI=1S/C14H20FNO2/c1-14(17,10-4-3-7-16-9-10)12-8-11(15)5-6-13(12)18-2/h5-6,8,10,16-17H,3-4,7,9H2,1-2H3. The van der Waals surface area contributed by atoms with E-state index in [-0.39, 0.29) is 11.7 Å². The van der Waals surface area contributed by atoms with Gasteiger partial charge in [-0.15, -0.1) is 0 Å². The first-order chi connectivity index (χ1) is 8.55. The highest BCUT2D eigenvalue weighted by molar-refractivity contribution is 5.38. The number of ether oxygens (including phenoxy) is 1. The Kier molecular flexibility index (Phi) is 3.88. The molecule has 1 heterocycles. The first-order valence-corrected chi connectivity index (χ1v) is 6.33. The maximum absolute atomic E-state index is 13.4. The van der Waals surface area contributed by atoms with Crippen molar-refractivity contribution in [3.8, 4) is 5.75 Å². The zero-order chi connectivity index (χ0) is 13.2. The number of halogens is 1. The van der Waals surface area contributed by atoms with Gasteiger partial charge in [0.05, 0.1) is 12.7 Å². The predicted molar refractivity (Wildman–Crippen MR) is 68.1 cm³/mol. The lowest BCUT2D eigenvalue weighted by atomic mass is 9.78. The summed E-state index contributed by atoms with van der Waals surface area (Å²) in [6, 6.07) is 4.28. The molecule has 18 heavy (non-hydrogen) atoms. The van der Waals surface area contributed by atoms with Gasteiger partial charge in [0.1, 0.15) is 11.6 Å². The average molecular weight is 253 g/mol. The highest BCUT2D eigenvalue weighted by Gasteiger charge is 2.36. The number of aliphatic hydroxyl groups is 1. The Hall–Kier alpha value is -1.13. The first-order valence-electron chi connectivity index (χ1n) is 6.33. The summed E-state index contributed by atoms with van der Waals surface area (Å²) in [7, 11) is 1.53. The minimum absolute atomic E-state index is 0.0712. The molecule has 1 aliphatic heterocycles. The third kappa shape index (κ3) is 2.49. The van der Waals surface area contributed by atoms with Crippen LogP contribution in [0, 0.1) is 11.7 Å². The van der Waals surface area contributed by atoms with Gasteiger partial charge in [-0.1, -0.05) is 0 Å². The van der Waals surface area contributed by atoms with E-state index < -0.39 is 5.60 Å². The Balaban J connectivity index is 2.35. The number of piperidine rings is 1. The molecule has 0 spiro atoms. The van der Waals surface area contributed by atoms with Crippen LogP contribution in [0.2, 0.25) is 0 Å². The average Bonchev–Trinajstić information content (AvgIpc) is 2.39. The van der Waals surface area contributed by atoms with Crippen LogP contribution in [0.1, 0.15) is 25.3 Å². The summed E-state index contributed by atoms with van der Waals surface area (Å²) in [4.78, 5) is 0. The highest BCUT2D eigenvalue weighted by Crippen LogP contribution is 2.38. The van der Waals surface area contributed by atoms with Crippen LogP contribution in [0.15, 0.2) is 18.2 Å². The van der Waals surface area contributed by atoms with Gasteiger partial charge in [0.25, 0.3) is 0 Å². The topological polar surface area (TPSA) is 41.5 Å². The van der Waals surface area contributed by atoms with E-state index in [2.05, 4.69) is 5.32 Å². The molecule has 1 aromatic carbocycles. The highest BCUT2D eigenvalue weighted by atomic mass is 19.1. The molecule has 2 rings (SSSR count). The van der Waals surface area contributed by atoms with Gasteiger partial charge in [-0.05, 0) is 44.5 Å². The molecule has 0 amide bonds. The third-order valence-electron chi connectivity index (χ3n) is 3.80. The predicted octanol–water partition coefficient (Wildman–Crippen LogP) is 2.04. The summed E-state index contributed by atoms with van der Waals surface area (Å²) in [5.74, 6) is 0.253. The van der Waals surface area contributed by atoms with Gasteiger partial charge in [-0.25, -0.2) is 4.39 Å². The van der Waals surface area contributed by atoms with Crippen molar-refractivity contribution in [3.63, 3.8) is 0 Å². The van der Waals surface area contributed by atoms with E-state index in [0.29, 0.717) is 11.3 Å². The summed E-state index contributed by atoms with van der Waals surface area (Å²) in [6.07, 6.45) is 1.96. The van der Waals surface area contributed by atoms with Gasteiger partial charge >= 0.3 is 0 Å². The minimum Gasteiger partial charge on any atom is -0.496 e. The van der Waals surface area contributed by atoms with Crippen LogP contribution in [-0.2, 0) is 5.60 Å². The zero-order valence-corrected chi connectivity index (χ0v) is 10.9. The van der Waals surface area contributed by atoms with E-state index in [4.69, 9.17) is 4.74 Å².